The molecule has 0 rings (SSSR count). The van der Waals surface area contributed by atoms with Gasteiger partial charge in [-0.1, -0.05) is 13.8 Å². The molecule has 60 valence electrons. The van der Waals surface area contributed by atoms with Gasteiger partial charge in [-0.2, -0.15) is 0 Å². The van der Waals surface area contributed by atoms with E-state index in [4.69, 9.17) is 9.47 Å². The summed E-state index contributed by atoms with van der Waals surface area (Å²) in [5.74, 6) is 0. The van der Waals surface area contributed by atoms with Gasteiger partial charge in [-0.3, -0.25) is 0 Å². The molecule has 0 saturated carbocycles. The van der Waals surface area contributed by atoms with Crippen LogP contribution in [-0.2, 0) is 9.47 Å². The van der Waals surface area contributed by atoms with Gasteiger partial charge in [0, 0.05) is 0 Å². The van der Waals surface area contributed by atoms with Gasteiger partial charge in [0.1, 0.15) is 12.5 Å². The van der Waals surface area contributed by atoms with Crippen LogP contribution in [0.3, 0.4) is 0 Å². The van der Waals surface area contributed by atoms with Crippen molar-refractivity contribution in [1.29, 1.82) is 0 Å². The molecule has 0 bridgehead atoms. The predicted molar refractivity (Wildman–Crippen MR) is 41.6 cm³/mol. The summed E-state index contributed by atoms with van der Waals surface area (Å²) >= 11 is 0. The highest BCUT2D eigenvalue weighted by molar-refractivity contribution is 4.60. The Morgan fingerprint density at radius 2 is 1.30 bits per heavy atom. The Kier molecular flexibility index (Phi) is 7.79. The van der Waals surface area contributed by atoms with Gasteiger partial charge < -0.3 is 9.47 Å². The molecular formula is C8H16O2. The van der Waals surface area contributed by atoms with Crippen LogP contribution >= 0.6 is 0 Å². The Hall–Kier alpha value is -0.660. The van der Waals surface area contributed by atoms with E-state index in [1.807, 2.05) is 0 Å². The van der Waals surface area contributed by atoms with Crippen molar-refractivity contribution in [2.45, 2.75) is 26.7 Å². The summed E-state index contributed by atoms with van der Waals surface area (Å²) < 4.78 is 10.0. The van der Waals surface area contributed by atoms with E-state index in [9.17, 15) is 0 Å². The fourth-order valence-corrected chi connectivity index (χ4v) is 0.450. The van der Waals surface area contributed by atoms with Gasteiger partial charge in [0.05, 0.1) is 13.2 Å². The standard InChI is InChI=1S/C8H16O2/c1-3-5-9-7-8-10-6-4-2/h7-8H,3-6H2,1-2H3. The third-order valence-corrected chi connectivity index (χ3v) is 0.892. The maximum Gasteiger partial charge on any atom is 0.117 e. The highest BCUT2D eigenvalue weighted by Crippen LogP contribution is 1.84. The van der Waals surface area contributed by atoms with Crippen molar-refractivity contribution in [3.63, 3.8) is 0 Å². The first-order chi connectivity index (χ1) is 4.91. The Labute approximate surface area is 62.8 Å². The Balaban J connectivity index is 2.89. The van der Waals surface area contributed by atoms with Crippen molar-refractivity contribution in [1.82, 2.24) is 0 Å². The van der Waals surface area contributed by atoms with E-state index in [0.717, 1.165) is 26.1 Å². The van der Waals surface area contributed by atoms with Crippen molar-refractivity contribution in [3.8, 4) is 0 Å². The number of rotatable bonds is 6. The molecule has 10 heavy (non-hydrogen) atoms. The lowest BCUT2D eigenvalue weighted by atomic mass is 10.5. The second-order valence-corrected chi connectivity index (χ2v) is 2.01. The van der Waals surface area contributed by atoms with E-state index >= 15 is 0 Å². The van der Waals surface area contributed by atoms with Crippen LogP contribution in [0.4, 0.5) is 0 Å². The highest BCUT2D eigenvalue weighted by Gasteiger charge is 1.76. The Bertz CT molecular complexity index is 69.3. The van der Waals surface area contributed by atoms with Crippen molar-refractivity contribution in [2.24, 2.45) is 0 Å². The van der Waals surface area contributed by atoms with Crippen LogP contribution in [0, 0.1) is 0 Å². The molecule has 2 heteroatoms. The molecule has 0 saturated heterocycles. The van der Waals surface area contributed by atoms with Crippen molar-refractivity contribution in [3.05, 3.63) is 12.5 Å². The molecule has 0 aromatic rings. The normalized spacial score (nSPS) is 10.2. The minimum absolute atomic E-state index is 0.770. The summed E-state index contributed by atoms with van der Waals surface area (Å²) in [5.41, 5.74) is 0. The van der Waals surface area contributed by atoms with E-state index in [2.05, 4.69) is 13.8 Å². The van der Waals surface area contributed by atoms with Crippen LogP contribution in [0.15, 0.2) is 12.5 Å². The molecule has 0 aliphatic carbocycles. The molecule has 0 atom stereocenters. The Morgan fingerprint density at radius 1 is 0.900 bits per heavy atom. The first kappa shape index (κ1) is 9.34. The molecule has 0 radical (unpaired) electrons. The Morgan fingerprint density at radius 3 is 1.60 bits per heavy atom. The number of hydrogen-bond donors (Lipinski definition) is 0. The maximum atomic E-state index is 5.02. The molecule has 2 nitrogen and oxygen atoms in total. The van der Waals surface area contributed by atoms with Gasteiger partial charge in [0.15, 0.2) is 0 Å². The summed E-state index contributed by atoms with van der Waals surface area (Å²) in [6, 6.07) is 0. The van der Waals surface area contributed by atoms with E-state index < -0.39 is 0 Å². The van der Waals surface area contributed by atoms with Crippen LogP contribution in [0.1, 0.15) is 26.7 Å². The monoisotopic (exact) mass is 144 g/mol. The van der Waals surface area contributed by atoms with Gasteiger partial charge in [-0.15, -0.1) is 0 Å². The molecule has 0 fully saturated rings. The smallest absolute Gasteiger partial charge is 0.117 e. The number of hydrogen-bond acceptors (Lipinski definition) is 2. The van der Waals surface area contributed by atoms with Crippen LogP contribution in [-0.4, -0.2) is 13.2 Å². The van der Waals surface area contributed by atoms with Crippen LogP contribution in [0.25, 0.3) is 0 Å². The molecule has 0 unspecified atom stereocenters. The fraction of sp³-hybridized carbons (Fsp3) is 0.750. The quantitative estimate of drug-likeness (QED) is 0.420. The van der Waals surface area contributed by atoms with Crippen molar-refractivity contribution in [2.75, 3.05) is 13.2 Å². The van der Waals surface area contributed by atoms with Crippen molar-refractivity contribution < 1.29 is 9.47 Å². The average molecular weight is 144 g/mol. The first-order valence-electron chi connectivity index (χ1n) is 3.80. The lowest BCUT2D eigenvalue weighted by Crippen LogP contribution is -1.85. The van der Waals surface area contributed by atoms with Gasteiger partial charge in [0.25, 0.3) is 0 Å². The zero-order valence-electron chi connectivity index (χ0n) is 6.80. The molecule has 0 N–H and O–H groups in total. The summed E-state index contributed by atoms with van der Waals surface area (Å²) in [6.45, 7) is 5.68. The van der Waals surface area contributed by atoms with E-state index in [0.29, 0.717) is 0 Å². The third kappa shape index (κ3) is 7.34. The van der Waals surface area contributed by atoms with Gasteiger partial charge in [-0.05, 0) is 12.8 Å². The minimum Gasteiger partial charge on any atom is -0.498 e. The molecular weight excluding hydrogens is 128 g/mol. The molecule has 0 heterocycles. The molecule has 0 aliphatic rings. The minimum atomic E-state index is 0.770. The van der Waals surface area contributed by atoms with Gasteiger partial charge in [-0.25, -0.2) is 0 Å². The second-order valence-electron chi connectivity index (χ2n) is 2.01. The summed E-state index contributed by atoms with van der Waals surface area (Å²) in [6.07, 6.45) is 5.27. The zero-order chi connectivity index (χ0) is 7.66. The molecule has 0 amide bonds. The lowest BCUT2D eigenvalue weighted by Gasteiger charge is -1.97. The lowest BCUT2D eigenvalue weighted by molar-refractivity contribution is 0.204. The van der Waals surface area contributed by atoms with E-state index in [1.54, 1.807) is 12.5 Å². The predicted octanol–water partition coefficient (Wildman–Crippen LogP) is 2.31. The van der Waals surface area contributed by atoms with Crippen LogP contribution in [0.5, 0.6) is 0 Å². The maximum absolute atomic E-state index is 5.02. The molecule has 0 aliphatic heterocycles. The van der Waals surface area contributed by atoms with Crippen LogP contribution in [0.2, 0.25) is 0 Å². The largest absolute Gasteiger partial charge is 0.498 e. The average Bonchev–Trinajstić information content (AvgIpc) is 1.97. The van der Waals surface area contributed by atoms with Crippen molar-refractivity contribution >= 4 is 0 Å². The highest BCUT2D eigenvalue weighted by atomic mass is 16.5. The summed E-state index contributed by atoms with van der Waals surface area (Å²) in [7, 11) is 0. The summed E-state index contributed by atoms with van der Waals surface area (Å²) in [4.78, 5) is 0. The van der Waals surface area contributed by atoms with Crippen LogP contribution < -0.4 is 0 Å². The van der Waals surface area contributed by atoms with E-state index in [1.165, 1.54) is 0 Å². The van der Waals surface area contributed by atoms with Gasteiger partial charge in [0.2, 0.25) is 0 Å². The number of ether oxygens (including phenoxy) is 2. The first-order valence-corrected chi connectivity index (χ1v) is 3.80. The molecule has 0 spiro atoms. The topological polar surface area (TPSA) is 18.5 Å². The van der Waals surface area contributed by atoms with Gasteiger partial charge >= 0.3 is 0 Å². The zero-order valence-corrected chi connectivity index (χ0v) is 6.80. The second kappa shape index (κ2) is 8.34. The molecule has 0 aromatic carbocycles. The fourth-order valence-electron chi connectivity index (χ4n) is 0.450. The summed E-state index contributed by atoms with van der Waals surface area (Å²) in [5, 5.41) is 0. The SMILES string of the molecule is CCCOC=COCCC. The third-order valence-electron chi connectivity index (χ3n) is 0.892. The van der Waals surface area contributed by atoms with E-state index in [-0.39, 0.29) is 0 Å². The molecule has 0 aromatic heterocycles.